The molecule has 4 atom stereocenters. The maximum Gasteiger partial charge on any atom is 0.327 e. The van der Waals surface area contributed by atoms with Gasteiger partial charge in [-0.15, -0.1) is 0 Å². The SMILES string of the molecule is COC(=O)C(N[C@@H]1[C@H]2Cc3ccccc3[C@H]21)c1cc(Cl)cc(Cl)c1. The van der Waals surface area contributed by atoms with Gasteiger partial charge in [-0.3, -0.25) is 5.32 Å². The maximum absolute atomic E-state index is 12.3. The quantitative estimate of drug-likeness (QED) is 0.831. The van der Waals surface area contributed by atoms with Crippen LogP contribution in [0.2, 0.25) is 10.0 Å². The van der Waals surface area contributed by atoms with Gasteiger partial charge >= 0.3 is 5.97 Å². The van der Waals surface area contributed by atoms with E-state index in [1.807, 2.05) is 0 Å². The Morgan fingerprint density at radius 3 is 2.62 bits per heavy atom. The summed E-state index contributed by atoms with van der Waals surface area (Å²) in [7, 11) is 1.40. The summed E-state index contributed by atoms with van der Waals surface area (Å²) in [5.74, 6) is 0.693. The summed E-state index contributed by atoms with van der Waals surface area (Å²) in [4.78, 5) is 12.3. The largest absolute Gasteiger partial charge is 0.468 e. The van der Waals surface area contributed by atoms with Crippen LogP contribution in [-0.4, -0.2) is 19.1 Å². The third-order valence-corrected chi connectivity index (χ3v) is 5.49. The predicted molar refractivity (Wildman–Crippen MR) is 94.5 cm³/mol. The number of carbonyl (C=O) groups is 1. The zero-order valence-corrected chi connectivity index (χ0v) is 14.6. The number of hydrogen-bond donors (Lipinski definition) is 1. The van der Waals surface area contributed by atoms with Crippen LogP contribution in [0.15, 0.2) is 42.5 Å². The topological polar surface area (TPSA) is 38.3 Å². The summed E-state index contributed by atoms with van der Waals surface area (Å²) in [5, 5.41) is 4.48. The summed E-state index contributed by atoms with van der Waals surface area (Å²) in [6.45, 7) is 0. The Morgan fingerprint density at radius 2 is 1.92 bits per heavy atom. The van der Waals surface area contributed by atoms with Crippen LogP contribution in [0.4, 0.5) is 0 Å². The molecular weight excluding hydrogens is 345 g/mol. The molecule has 0 spiro atoms. The highest BCUT2D eigenvalue weighted by atomic mass is 35.5. The van der Waals surface area contributed by atoms with Gasteiger partial charge in [-0.25, -0.2) is 4.79 Å². The average Bonchev–Trinajstić information content (AvgIpc) is 3.08. The molecular formula is C19H17Cl2NO2. The minimum atomic E-state index is -0.561. The first-order valence-electron chi connectivity index (χ1n) is 7.96. The van der Waals surface area contributed by atoms with Crippen LogP contribution >= 0.6 is 23.2 Å². The molecule has 0 radical (unpaired) electrons. The predicted octanol–water partition coefficient (Wildman–Crippen LogP) is 4.14. The number of hydrogen-bond acceptors (Lipinski definition) is 3. The van der Waals surface area contributed by atoms with Gasteiger partial charge in [0.2, 0.25) is 0 Å². The van der Waals surface area contributed by atoms with E-state index in [-0.39, 0.29) is 12.0 Å². The van der Waals surface area contributed by atoms with E-state index in [0.29, 0.717) is 21.9 Å². The van der Waals surface area contributed by atoms with Crippen molar-refractivity contribution in [1.82, 2.24) is 5.32 Å². The first-order valence-corrected chi connectivity index (χ1v) is 8.71. The van der Waals surface area contributed by atoms with E-state index in [9.17, 15) is 4.79 Å². The Morgan fingerprint density at radius 1 is 1.21 bits per heavy atom. The number of fused-ring (bicyclic) bond motifs is 3. The van der Waals surface area contributed by atoms with Gasteiger partial charge in [0.15, 0.2) is 0 Å². The number of ether oxygens (including phenoxy) is 1. The number of methoxy groups -OCH3 is 1. The molecule has 0 heterocycles. The lowest BCUT2D eigenvalue weighted by Crippen LogP contribution is -2.33. The van der Waals surface area contributed by atoms with Crippen LogP contribution in [0.5, 0.6) is 0 Å². The standard InChI is InChI=1S/C19H17Cl2NO2/c1-24-19(23)17(11-6-12(20)9-13(21)7-11)22-18-15-8-10-4-2-3-5-14(10)16(15)18/h2-7,9,15-18,22H,8H2,1H3/t15-,16+,17?,18+/m0/s1. The minimum absolute atomic E-state index is 0.279. The molecule has 2 aromatic rings. The minimum Gasteiger partial charge on any atom is -0.468 e. The van der Waals surface area contributed by atoms with Crippen molar-refractivity contribution < 1.29 is 9.53 Å². The number of rotatable bonds is 4. The van der Waals surface area contributed by atoms with Crippen molar-refractivity contribution in [3.05, 3.63) is 69.2 Å². The number of halogens is 2. The lowest BCUT2D eigenvalue weighted by atomic mass is 10.0. The van der Waals surface area contributed by atoms with Crippen molar-refractivity contribution in [2.75, 3.05) is 7.11 Å². The molecule has 0 bridgehead atoms. The summed E-state index contributed by atoms with van der Waals surface area (Å²) in [6.07, 6.45) is 1.06. The highest BCUT2D eigenvalue weighted by Gasteiger charge is 2.56. The van der Waals surface area contributed by atoms with Crippen molar-refractivity contribution in [2.45, 2.75) is 24.4 Å². The van der Waals surface area contributed by atoms with E-state index in [0.717, 1.165) is 12.0 Å². The third-order valence-electron chi connectivity index (χ3n) is 5.05. The molecule has 1 unspecified atom stereocenters. The average molecular weight is 362 g/mol. The summed E-state index contributed by atoms with van der Waals surface area (Å²) >= 11 is 12.2. The highest BCUT2D eigenvalue weighted by molar-refractivity contribution is 6.34. The normalized spacial score (nSPS) is 24.9. The fraction of sp³-hybridized carbons (Fsp3) is 0.316. The van der Waals surface area contributed by atoms with E-state index in [2.05, 4.69) is 29.6 Å². The Balaban J connectivity index is 1.58. The Bertz CT molecular complexity index is 787. The van der Waals surface area contributed by atoms with E-state index in [1.54, 1.807) is 18.2 Å². The van der Waals surface area contributed by atoms with Gasteiger partial charge in [0, 0.05) is 22.0 Å². The smallest absolute Gasteiger partial charge is 0.327 e. The van der Waals surface area contributed by atoms with Crippen LogP contribution in [0, 0.1) is 5.92 Å². The molecule has 2 aromatic carbocycles. The van der Waals surface area contributed by atoms with Gasteiger partial charge < -0.3 is 4.74 Å². The molecule has 24 heavy (non-hydrogen) atoms. The van der Waals surface area contributed by atoms with Crippen LogP contribution in [0.3, 0.4) is 0 Å². The van der Waals surface area contributed by atoms with Crippen LogP contribution < -0.4 is 5.32 Å². The molecule has 0 saturated heterocycles. The van der Waals surface area contributed by atoms with Gasteiger partial charge in [-0.05, 0) is 47.2 Å². The molecule has 4 rings (SSSR count). The number of carbonyl (C=O) groups excluding carboxylic acids is 1. The monoisotopic (exact) mass is 361 g/mol. The van der Waals surface area contributed by atoms with Crippen LogP contribution in [-0.2, 0) is 16.0 Å². The van der Waals surface area contributed by atoms with Gasteiger partial charge in [-0.1, -0.05) is 47.5 Å². The molecule has 0 aliphatic heterocycles. The highest BCUT2D eigenvalue weighted by Crippen LogP contribution is 2.56. The fourth-order valence-corrected chi connectivity index (χ4v) is 4.47. The zero-order chi connectivity index (χ0) is 16.8. The first kappa shape index (κ1) is 15.9. The molecule has 2 aliphatic carbocycles. The van der Waals surface area contributed by atoms with Crippen molar-refractivity contribution in [2.24, 2.45) is 5.92 Å². The lowest BCUT2D eigenvalue weighted by molar-refractivity contribution is -0.143. The summed E-state index contributed by atoms with van der Waals surface area (Å²) in [6, 6.07) is 13.4. The third kappa shape index (κ3) is 2.71. The van der Waals surface area contributed by atoms with E-state index < -0.39 is 6.04 Å². The first-order chi connectivity index (χ1) is 11.6. The molecule has 3 nitrogen and oxygen atoms in total. The molecule has 1 fully saturated rings. The Hall–Kier alpha value is -1.55. The summed E-state index contributed by atoms with van der Waals surface area (Å²) in [5.41, 5.74) is 3.55. The molecule has 0 amide bonds. The van der Waals surface area contributed by atoms with Crippen LogP contribution in [0.1, 0.15) is 28.7 Å². The van der Waals surface area contributed by atoms with Gasteiger partial charge in [0.05, 0.1) is 7.11 Å². The zero-order valence-electron chi connectivity index (χ0n) is 13.1. The van der Waals surface area contributed by atoms with Crippen molar-refractivity contribution in [3.63, 3.8) is 0 Å². The second kappa shape index (κ2) is 6.07. The molecule has 1 N–H and O–H groups in total. The molecule has 0 aromatic heterocycles. The molecule has 124 valence electrons. The fourth-order valence-electron chi connectivity index (χ4n) is 3.93. The van der Waals surface area contributed by atoms with E-state index >= 15 is 0 Å². The molecule has 1 saturated carbocycles. The number of esters is 1. The lowest BCUT2D eigenvalue weighted by Gasteiger charge is -2.19. The molecule has 2 aliphatic rings. The van der Waals surface area contributed by atoms with Gasteiger partial charge in [-0.2, -0.15) is 0 Å². The maximum atomic E-state index is 12.3. The van der Waals surface area contributed by atoms with Crippen molar-refractivity contribution in [1.29, 1.82) is 0 Å². The summed E-state index contributed by atoms with van der Waals surface area (Å²) < 4.78 is 4.98. The molecule has 5 heteroatoms. The Kier molecular flexibility index (Phi) is 4.03. The van der Waals surface area contributed by atoms with Crippen molar-refractivity contribution in [3.8, 4) is 0 Å². The van der Waals surface area contributed by atoms with Crippen LogP contribution in [0.25, 0.3) is 0 Å². The second-order valence-corrected chi connectivity index (χ2v) is 7.32. The number of benzene rings is 2. The van der Waals surface area contributed by atoms with E-state index in [4.69, 9.17) is 27.9 Å². The Labute approximate surface area is 150 Å². The van der Waals surface area contributed by atoms with Crippen molar-refractivity contribution >= 4 is 29.2 Å². The van der Waals surface area contributed by atoms with E-state index in [1.165, 1.54) is 18.2 Å². The van der Waals surface area contributed by atoms with Gasteiger partial charge in [0.1, 0.15) is 6.04 Å². The van der Waals surface area contributed by atoms with Gasteiger partial charge in [0.25, 0.3) is 0 Å². The second-order valence-electron chi connectivity index (χ2n) is 6.44. The number of nitrogens with one attached hydrogen (secondary N) is 1.